The molecule has 0 fully saturated rings. The third kappa shape index (κ3) is 4.58. The molecule has 30 heavy (non-hydrogen) atoms. The number of benzene rings is 2. The lowest BCUT2D eigenvalue weighted by molar-refractivity contribution is 0.0601. The molecule has 0 bridgehead atoms. The SMILES string of the molecule is COC(=O)c1c(NC(=O)c2cccc(C)c2)sc(C(=O)Nc2ccc(C)cc2)c1C. The van der Waals surface area contributed by atoms with E-state index in [-0.39, 0.29) is 22.4 Å². The van der Waals surface area contributed by atoms with Crippen molar-refractivity contribution >= 4 is 39.8 Å². The molecule has 7 heteroatoms. The Balaban J connectivity index is 1.93. The molecule has 0 unspecified atom stereocenters. The highest BCUT2D eigenvalue weighted by molar-refractivity contribution is 7.19. The molecule has 3 rings (SSSR count). The molecule has 0 aliphatic heterocycles. The lowest BCUT2D eigenvalue weighted by atomic mass is 10.1. The maximum Gasteiger partial charge on any atom is 0.341 e. The molecule has 0 aliphatic carbocycles. The number of amides is 2. The summed E-state index contributed by atoms with van der Waals surface area (Å²) in [7, 11) is 1.26. The van der Waals surface area contributed by atoms with E-state index >= 15 is 0 Å². The Morgan fingerprint density at radius 3 is 2.20 bits per heavy atom. The largest absolute Gasteiger partial charge is 0.465 e. The molecule has 1 aromatic heterocycles. The molecular formula is C23H22N2O4S. The van der Waals surface area contributed by atoms with Gasteiger partial charge in [-0.05, 0) is 50.6 Å². The number of carbonyl (C=O) groups is 3. The van der Waals surface area contributed by atoms with Gasteiger partial charge in [-0.25, -0.2) is 4.79 Å². The van der Waals surface area contributed by atoms with Gasteiger partial charge in [0.05, 0.1) is 17.6 Å². The maximum atomic E-state index is 12.8. The number of rotatable bonds is 5. The number of anilines is 2. The molecule has 154 valence electrons. The molecule has 6 nitrogen and oxygen atoms in total. The van der Waals surface area contributed by atoms with E-state index < -0.39 is 5.97 Å². The van der Waals surface area contributed by atoms with Crippen molar-refractivity contribution in [2.24, 2.45) is 0 Å². The lowest BCUT2D eigenvalue weighted by Crippen LogP contribution is -2.14. The normalized spacial score (nSPS) is 10.4. The second kappa shape index (κ2) is 8.92. The fourth-order valence-corrected chi connectivity index (χ4v) is 4.04. The number of hydrogen-bond acceptors (Lipinski definition) is 5. The first-order chi connectivity index (χ1) is 14.3. The van der Waals surface area contributed by atoms with Crippen molar-refractivity contribution < 1.29 is 19.1 Å². The molecule has 0 aliphatic rings. The van der Waals surface area contributed by atoms with Crippen LogP contribution in [0.15, 0.2) is 48.5 Å². The fourth-order valence-electron chi connectivity index (χ4n) is 2.95. The van der Waals surface area contributed by atoms with Crippen molar-refractivity contribution in [3.05, 3.63) is 81.2 Å². The average molecular weight is 423 g/mol. The van der Waals surface area contributed by atoms with Crippen LogP contribution in [0.3, 0.4) is 0 Å². The molecule has 2 N–H and O–H groups in total. The van der Waals surface area contributed by atoms with Gasteiger partial charge in [-0.2, -0.15) is 0 Å². The maximum absolute atomic E-state index is 12.8. The third-order valence-corrected chi connectivity index (χ3v) is 5.77. The highest BCUT2D eigenvalue weighted by Crippen LogP contribution is 2.34. The molecule has 3 aromatic rings. The quantitative estimate of drug-likeness (QED) is 0.569. The van der Waals surface area contributed by atoms with E-state index in [1.807, 2.05) is 32.0 Å². The van der Waals surface area contributed by atoms with Crippen LogP contribution in [-0.2, 0) is 4.74 Å². The smallest absolute Gasteiger partial charge is 0.341 e. The van der Waals surface area contributed by atoms with Crippen LogP contribution in [-0.4, -0.2) is 24.9 Å². The van der Waals surface area contributed by atoms with Crippen molar-refractivity contribution in [2.75, 3.05) is 17.7 Å². The molecule has 2 aromatic carbocycles. The van der Waals surface area contributed by atoms with Gasteiger partial charge in [0.15, 0.2) is 0 Å². The monoisotopic (exact) mass is 422 g/mol. The van der Waals surface area contributed by atoms with Gasteiger partial charge in [0, 0.05) is 11.3 Å². The zero-order chi connectivity index (χ0) is 21.8. The van der Waals surface area contributed by atoms with Gasteiger partial charge in [0.1, 0.15) is 5.00 Å². The van der Waals surface area contributed by atoms with E-state index in [1.54, 1.807) is 37.3 Å². The molecular weight excluding hydrogens is 400 g/mol. The van der Waals surface area contributed by atoms with E-state index in [1.165, 1.54) is 7.11 Å². The van der Waals surface area contributed by atoms with Crippen LogP contribution in [0.1, 0.15) is 47.1 Å². The number of carbonyl (C=O) groups excluding carboxylic acids is 3. The first kappa shape index (κ1) is 21.3. The van der Waals surface area contributed by atoms with Gasteiger partial charge in [0.2, 0.25) is 0 Å². The van der Waals surface area contributed by atoms with Crippen LogP contribution in [0.25, 0.3) is 0 Å². The van der Waals surface area contributed by atoms with Crippen molar-refractivity contribution in [1.29, 1.82) is 0 Å². The number of ether oxygens (including phenoxy) is 1. The molecule has 0 saturated heterocycles. The number of nitrogens with one attached hydrogen (secondary N) is 2. The van der Waals surface area contributed by atoms with E-state index in [0.717, 1.165) is 22.5 Å². The van der Waals surface area contributed by atoms with E-state index in [0.29, 0.717) is 21.7 Å². The Morgan fingerprint density at radius 2 is 1.57 bits per heavy atom. The highest BCUT2D eigenvalue weighted by atomic mass is 32.1. The first-order valence-corrected chi connectivity index (χ1v) is 10.1. The molecule has 0 atom stereocenters. The van der Waals surface area contributed by atoms with Crippen molar-refractivity contribution in [2.45, 2.75) is 20.8 Å². The summed E-state index contributed by atoms with van der Waals surface area (Å²) in [5, 5.41) is 5.86. The summed E-state index contributed by atoms with van der Waals surface area (Å²) in [6.45, 7) is 5.51. The molecule has 0 radical (unpaired) electrons. The van der Waals surface area contributed by atoms with Crippen LogP contribution in [0, 0.1) is 20.8 Å². The minimum Gasteiger partial charge on any atom is -0.465 e. The van der Waals surface area contributed by atoms with Crippen LogP contribution >= 0.6 is 11.3 Å². The van der Waals surface area contributed by atoms with Crippen molar-refractivity contribution in [1.82, 2.24) is 0 Å². The lowest BCUT2D eigenvalue weighted by Gasteiger charge is -2.06. The summed E-state index contributed by atoms with van der Waals surface area (Å²) >= 11 is 1.04. The predicted octanol–water partition coefficient (Wildman–Crippen LogP) is 4.96. The average Bonchev–Trinajstić information content (AvgIpc) is 3.05. The van der Waals surface area contributed by atoms with Crippen LogP contribution in [0.5, 0.6) is 0 Å². The van der Waals surface area contributed by atoms with Gasteiger partial charge < -0.3 is 15.4 Å². The number of esters is 1. The first-order valence-electron chi connectivity index (χ1n) is 9.28. The number of aryl methyl sites for hydroxylation is 2. The Bertz CT molecular complexity index is 1120. The zero-order valence-electron chi connectivity index (χ0n) is 17.2. The Morgan fingerprint density at radius 1 is 0.867 bits per heavy atom. The van der Waals surface area contributed by atoms with Crippen LogP contribution in [0.4, 0.5) is 10.7 Å². The summed E-state index contributed by atoms with van der Waals surface area (Å²) in [5.74, 6) is -1.34. The van der Waals surface area contributed by atoms with Gasteiger partial charge in [0.25, 0.3) is 11.8 Å². The minimum atomic E-state index is -0.613. The van der Waals surface area contributed by atoms with Gasteiger partial charge in [-0.15, -0.1) is 11.3 Å². The Labute approximate surface area is 178 Å². The van der Waals surface area contributed by atoms with E-state index in [4.69, 9.17) is 4.74 Å². The summed E-state index contributed by atoms with van der Waals surface area (Å²) in [6, 6.07) is 14.5. The molecule has 2 amide bonds. The van der Waals surface area contributed by atoms with Crippen LogP contribution in [0.2, 0.25) is 0 Å². The van der Waals surface area contributed by atoms with E-state index in [9.17, 15) is 14.4 Å². The highest BCUT2D eigenvalue weighted by Gasteiger charge is 2.26. The fraction of sp³-hybridized carbons (Fsp3) is 0.174. The third-order valence-electron chi connectivity index (χ3n) is 4.56. The summed E-state index contributed by atoms with van der Waals surface area (Å²) in [6.07, 6.45) is 0. The van der Waals surface area contributed by atoms with Crippen LogP contribution < -0.4 is 10.6 Å². The predicted molar refractivity (Wildman–Crippen MR) is 119 cm³/mol. The Kier molecular flexibility index (Phi) is 6.32. The summed E-state index contributed by atoms with van der Waals surface area (Å²) < 4.78 is 4.87. The topological polar surface area (TPSA) is 84.5 Å². The van der Waals surface area contributed by atoms with Gasteiger partial charge in [-0.1, -0.05) is 35.4 Å². The van der Waals surface area contributed by atoms with E-state index in [2.05, 4.69) is 10.6 Å². The van der Waals surface area contributed by atoms with Gasteiger partial charge >= 0.3 is 5.97 Å². The second-order valence-corrected chi connectivity index (χ2v) is 7.92. The summed E-state index contributed by atoms with van der Waals surface area (Å²) in [4.78, 5) is 38.2. The standard InChI is InChI=1S/C23H22N2O4S/c1-13-8-10-17(11-9-13)24-21(27)19-15(3)18(23(28)29-4)22(30-19)25-20(26)16-7-5-6-14(2)12-16/h5-12H,1-4H3,(H,24,27)(H,25,26). The van der Waals surface area contributed by atoms with Gasteiger partial charge in [-0.3, -0.25) is 9.59 Å². The van der Waals surface area contributed by atoms with Crippen molar-refractivity contribution in [3.63, 3.8) is 0 Å². The Hall–Kier alpha value is -3.45. The minimum absolute atomic E-state index is 0.178. The number of hydrogen-bond donors (Lipinski definition) is 2. The summed E-state index contributed by atoms with van der Waals surface area (Å²) in [5.41, 5.74) is 3.75. The number of methoxy groups -OCH3 is 1. The second-order valence-electron chi connectivity index (χ2n) is 6.90. The number of thiophene rings is 1. The van der Waals surface area contributed by atoms with Crippen molar-refractivity contribution in [3.8, 4) is 0 Å². The zero-order valence-corrected chi connectivity index (χ0v) is 18.0. The molecule has 0 saturated carbocycles. The molecule has 0 spiro atoms. The molecule has 1 heterocycles.